The summed E-state index contributed by atoms with van der Waals surface area (Å²) >= 11 is 0. The number of nitrogens with zero attached hydrogens (tertiary/aromatic N) is 1. The second-order valence-corrected chi connectivity index (χ2v) is 6.42. The number of rotatable bonds is 2. The number of piperidine rings is 1. The summed E-state index contributed by atoms with van der Waals surface area (Å²) in [6, 6.07) is 8.99. The molecule has 114 valence electrons. The summed E-state index contributed by atoms with van der Waals surface area (Å²) < 4.78 is 35.2. The number of benzene rings is 1. The number of amides is 1. The second-order valence-electron chi connectivity index (χ2n) is 5.09. The molecule has 1 aromatic carbocycles. The fourth-order valence-corrected chi connectivity index (χ4v) is 3.72. The Balaban J connectivity index is 1.55. The van der Waals surface area contributed by atoms with Crippen LogP contribution < -0.4 is 4.72 Å². The van der Waals surface area contributed by atoms with Gasteiger partial charge in [-0.2, -0.15) is 13.1 Å². The van der Waals surface area contributed by atoms with Crippen LogP contribution in [0.15, 0.2) is 30.3 Å². The van der Waals surface area contributed by atoms with Crippen LogP contribution in [0.25, 0.3) is 0 Å². The Hall–Kier alpha value is -1.64. The van der Waals surface area contributed by atoms with Gasteiger partial charge < -0.3 is 9.64 Å². The van der Waals surface area contributed by atoms with Gasteiger partial charge in [0, 0.05) is 13.1 Å². The van der Waals surface area contributed by atoms with Gasteiger partial charge in [-0.25, -0.2) is 4.79 Å². The lowest BCUT2D eigenvalue weighted by Gasteiger charge is -2.31. The molecule has 2 aliphatic rings. The van der Waals surface area contributed by atoms with Gasteiger partial charge in [-0.15, -0.1) is 0 Å². The van der Waals surface area contributed by atoms with E-state index >= 15 is 0 Å². The first kappa shape index (κ1) is 14.3. The quantitative estimate of drug-likeness (QED) is 0.866. The molecule has 0 spiro atoms. The Kier molecular flexibility index (Phi) is 3.83. The van der Waals surface area contributed by atoms with Crippen molar-refractivity contribution in [3.05, 3.63) is 35.9 Å². The van der Waals surface area contributed by atoms with Crippen LogP contribution in [-0.4, -0.2) is 44.6 Å². The van der Waals surface area contributed by atoms with Crippen molar-refractivity contribution in [3.63, 3.8) is 0 Å². The van der Waals surface area contributed by atoms with Crippen molar-refractivity contribution >= 4 is 16.4 Å². The smallest absolute Gasteiger partial charge is 0.410 e. The minimum absolute atomic E-state index is 0.201. The molecule has 3 rings (SSSR count). The zero-order valence-corrected chi connectivity index (χ0v) is 12.1. The van der Waals surface area contributed by atoms with Gasteiger partial charge in [-0.3, -0.25) is 4.18 Å². The number of nitrogens with one attached hydrogen (secondary N) is 1. The van der Waals surface area contributed by atoms with Crippen LogP contribution in [0.4, 0.5) is 4.79 Å². The molecule has 21 heavy (non-hydrogen) atoms. The number of carbonyl (C=O) groups is 1. The molecule has 1 aromatic rings. The van der Waals surface area contributed by atoms with Crippen LogP contribution in [0.5, 0.6) is 0 Å². The maximum absolute atomic E-state index is 12.0. The minimum Gasteiger partial charge on any atom is -0.445 e. The van der Waals surface area contributed by atoms with Crippen molar-refractivity contribution in [2.75, 3.05) is 13.1 Å². The van der Waals surface area contributed by atoms with Crippen LogP contribution in [0.2, 0.25) is 0 Å². The molecule has 2 heterocycles. The molecule has 2 saturated heterocycles. The van der Waals surface area contributed by atoms with Gasteiger partial charge in [0.1, 0.15) is 6.61 Å². The summed E-state index contributed by atoms with van der Waals surface area (Å²) in [4.78, 5) is 13.5. The van der Waals surface area contributed by atoms with Crippen LogP contribution in [0.3, 0.4) is 0 Å². The molecule has 2 aliphatic heterocycles. The van der Waals surface area contributed by atoms with E-state index in [0.717, 1.165) is 5.56 Å². The molecule has 1 amide bonds. The summed E-state index contributed by atoms with van der Waals surface area (Å²) in [6.45, 7) is 0.885. The monoisotopic (exact) mass is 312 g/mol. The molecule has 8 heteroatoms. The Morgan fingerprint density at radius 3 is 2.90 bits per heavy atom. The molecule has 0 aromatic heterocycles. The highest BCUT2D eigenvalue weighted by atomic mass is 32.2. The van der Waals surface area contributed by atoms with E-state index in [1.54, 1.807) is 0 Å². The SMILES string of the molecule is O=C(OCc1ccccc1)N1CC[C@H]2OS(=O)(=O)N[C@H]2C1. The predicted molar refractivity (Wildman–Crippen MR) is 73.5 cm³/mol. The molecule has 0 aliphatic carbocycles. The number of hydrogen-bond donors (Lipinski definition) is 1. The first-order chi connectivity index (χ1) is 10.0. The number of carbonyl (C=O) groups excluding carboxylic acids is 1. The van der Waals surface area contributed by atoms with Gasteiger partial charge in [0.2, 0.25) is 0 Å². The van der Waals surface area contributed by atoms with Gasteiger partial charge in [0.05, 0.1) is 12.1 Å². The lowest BCUT2D eigenvalue weighted by Crippen LogP contribution is -2.51. The van der Waals surface area contributed by atoms with E-state index in [-0.39, 0.29) is 13.2 Å². The predicted octanol–water partition coefficient (Wildman–Crippen LogP) is 0.631. The van der Waals surface area contributed by atoms with E-state index in [9.17, 15) is 13.2 Å². The Morgan fingerprint density at radius 2 is 2.14 bits per heavy atom. The number of fused-ring (bicyclic) bond motifs is 1. The van der Waals surface area contributed by atoms with Crippen molar-refractivity contribution in [1.82, 2.24) is 9.62 Å². The molecule has 1 N–H and O–H groups in total. The summed E-state index contributed by atoms with van der Waals surface area (Å²) in [6.07, 6.45) is -0.367. The Labute approximate surface area is 123 Å². The third-order valence-electron chi connectivity index (χ3n) is 3.56. The fraction of sp³-hybridized carbons (Fsp3) is 0.462. The molecular weight excluding hydrogens is 296 g/mol. The number of ether oxygens (including phenoxy) is 1. The van der Waals surface area contributed by atoms with Gasteiger partial charge in [0.15, 0.2) is 0 Å². The third-order valence-corrected chi connectivity index (χ3v) is 4.65. The highest BCUT2D eigenvalue weighted by Crippen LogP contribution is 2.23. The first-order valence-corrected chi connectivity index (χ1v) is 8.10. The average molecular weight is 312 g/mol. The van der Waals surface area contributed by atoms with Crippen molar-refractivity contribution in [2.24, 2.45) is 0 Å². The first-order valence-electron chi connectivity index (χ1n) is 6.70. The highest BCUT2D eigenvalue weighted by Gasteiger charge is 2.43. The Morgan fingerprint density at radius 1 is 1.38 bits per heavy atom. The Bertz CT molecular complexity index is 619. The van der Waals surface area contributed by atoms with Crippen LogP contribution >= 0.6 is 0 Å². The average Bonchev–Trinajstić information content (AvgIpc) is 2.78. The molecule has 7 nitrogen and oxygen atoms in total. The van der Waals surface area contributed by atoms with Gasteiger partial charge >= 0.3 is 16.4 Å². The fourth-order valence-electron chi connectivity index (χ4n) is 2.51. The molecule has 0 radical (unpaired) electrons. The maximum Gasteiger partial charge on any atom is 0.410 e. The highest BCUT2D eigenvalue weighted by molar-refractivity contribution is 7.85. The lowest BCUT2D eigenvalue weighted by molar-refractivity contribution is 0.0645. The number of hydrogen-bond acceptors (Lipinski definition) is 5. The summed E-state index contributed by atoms with van der Waals surface area (Å²) in [7, 11) is -3.66. The van der Waals surface area contributed by atoms with Crippen molar-refractivity contribution in [1.29, 1.82) is 0 Å². The van der Waals surface area contributed by atoms with Crippen molar-refractivity contribution < 1.29 is 22.1 Å². The summed E-state index contributed by atoms with van der Waals surface area (Å²) in [5.41, 5.74) is 0.908. The zero-order chi connectivity index (χ0) is 14.9. The van der Waals surface area contributed by atoms with E-state index in [4.69, 9.17) is 8.92 Å². The van der Waals surface area contributed by atoms with Crippen molar-refractivity contribution in [3.8, 4) is 0 Å². The molecular formula is C13H16N2O5S. The topological polar surface area (TPSA) is 84.9 Å². The second kappa shape index (κ2) is 5.63. The molecule has 0 bridgehead atoms. The van der Waals surface area contributed by atoms with Crippen LogP contribution in [0.1, 0.15) is 12.0 Å². The largest absolute Gasteiger partial charge is 0.445 e. The third kappa shape index (κ3) is 3.34. The van der Waals surface area contributed by atoms with E-state index in [1.165, 1.54) is 4.90 Å². The van der Waals surface area contributed by atoms with Crippen molar-refractivity contribution in [2.45, 2.75) is 25.2 Å². The molecule has 0 saturated carbocycles. The van der Waals surface area contributed by atoms with Crippen LogP contribution in [0, 0.1) is 0 Å². The van der Waals surface area contributed by atoms with E-state index in [0.29, 0.717) is 13.0 Å². The summed E-state index contributed by atoms with van der Waals surface area (Å²) in [5, 5.41) is 0. The number of likely N-dealkylation sites (tertiary alicyclic amines) is 1. The lowest BCUT2D eigenvalue weighted by atomic mass is 10.0. The normalized spacial score (nSPS) is 27.1. The van der Waals surface area contributed by atoms with Gasteiger partial charge in [-0.05, 0) is 12.0 Å². The standard InChI is InChI=1S/C13H16N2O5S/c16-13(19-9-10-4-2-1-3-5-10)15-7-6-12-11(8-15)14-21(17,18)20-12/h1-5,11-12,14H,6-9H2/t11-,12+/m0/s1. The molecule has 2 atom stereocenters. The minimum atomic E-state index is -3.66. The molecule has 0 unspecified atom stereocenters. The van der Waals surface area contributed by atoms with E-state index in [1.807, 2.05) is 30.3 Å². The molecule has 2 fully saturated rings. The maximum atomic E-state index is 12.0. The van der Waals surface area contributed by atoms with Crippen LogP contribution in [-0.2, 0) is 25.8 Å². The summed E-state index contributed by atoms with van der Waals surface area (Å²) in [5.74, 6) is 0. The van der Waals surface area contributed by atoms with E-state index in [2.05, 4.69) is 4.72 Å². The van der Waals surface area contributed by atoms with E-state index < -0.39 is 28.5 Å². The van der Waals surface area contributed by atoms with Gasteiger partial charge in [-0.1, -0.05) is 30.3 Å². The zero-order valence-electron chi connectivity index (χ0n) is 11.3. The van der Waals surface area contributed by atoms with Gasteiger partial charge in [0.25, 0.3) is 0 Å².